The van der Waals surface area contributed by atoms with Crippen molar-refractivity contribution in [3.05, 3.63) is 29.2 Å². The van der Waals surface area contributed by atoms with Crippen molar-refractivity contribution < 1.29 is 24.9 Å². The molecular formula is C20H30O5. The van der Waals surface area contributed by atoms with E-state index in [0.29, 0.717) is 32.3 Å². The number of fused-ring (bicyclic) bond motifs is 1. The lowest BCUT2D eigenvalue weighted by Gasteiger charge is -2.11. The van der Waals surface area contributed by atoms with Gasteiger partial charge in [-0.2, -0.15) is 0 Å². The highest BCUT2D eigenvalue weighted by Gasteiger charge is 2.45. The van der Waals surface area contributed by atoms with Gasteiger partial charge in [0.25, 0.3) is 0 Å². The van der Waals surface area contributed by atoms with E-state index in [4.69, 9.17) is 9.84 Å². The van der Waals surface area contributed by atoms with Gasteiger partial charge in [-0.1, -0.05) is 26.2 Å². The fourth-order valence-electron chi connectivity index (χ4n) is 3.60. The second kappa shape index (κ2) is 9.81. The van der Waals surface area contributed by atoms with E-state index in [1.165, 1.54) is 0 Å². The molecule has 0 spiro atoms. The molecule has 0 bridgehead atoms. The molecule has 5 heteroatoms. The van der Waals surface area contributed by atoms with E-state index in [1.807, 2.05) is 6.08 Å². The molecule has 25 heavy (non-hydrogen) atoms. The lowest BCUT2D eigenvalue weighted by molar-refractivity contribution is -0.137. The third-order valence-electron chi connectivity index (χ3n) is 4.95. The molecule has 5 nitrogen and oxygen atoms in total. The minimum absolute atomic E-state index is 0.0129. The highest BCUT2D eigenvalue weighted by molar-refractivity contribution is 5.66. The van der Waals surface area contributed by atoms with Gasteiger partial charge in [0.2, 0.25) is 0 Å². The van der Waals surface area contributed by atoms with Crippen LogP contribution < -0.4 is 0 Å². The highest BCUT2D eigenvalue weighted by Crippen LogP contribution is 2.46. The van der Waals surface area contributed by atoms with E-state index in [9.17, 15) is 15.0 Å². The summed E-state index contributed by atoms with van der Waals surface area (Å²) in [6.45, 7) is 2.71. The van der Waals surface area contributed by atoms with Crippen molar-refractivity contribution in [2.24, 2.45) is 11.8 Å². The SMILES string of the molecule is CCCCC[C@H](O)C=C=C1C(O)CC2CO/C(=C\CCCC(=O)O)C12. The maximum Gasteiger partial charge on any atom is 0.303 e. The Kier molecular flexibility index (Phi) is 7.76. The van der Waals surface area contributed by atoms with Crippen LogP contribution in [0.5, 0.6) is 0 Å². The monoisotopic (exact) mass is 350 g/mol. The predicted molar refractivity (Wildman–Crippen MR) is 94.9 cm³/mol. The number of hydrogen-bond donors (Lipinski definition) is 3. The third kappa shape index (κ3) is 5.74. The lowest BCUT2D eigenvalue weighted by Crippen LogP contribution is -2.08. The first-order valence-corrected chi connectivity index (χ1v) is 9.40. The van der Waals surface area contributed by atoms with E-state index in [-0.39, 0.29) is 18.3 Å². The van der Waals surface area contributed by atoms with E-state index in [0.717, 1.165) is 30.6 Å². The maximum atomic E-state index is 10.6. The molecule has 2 fully saturated rings. The van der Waals surface area contributed by atoms with Crippen LogP contribution >= 0.6 is 0 Å². The molecule has 4 atom stereocenters. The minimum atomic E-state index is -0.791. The molecule has 2 rings (SSSR count). The Morgan fingerprint density at radius 2 is 2.20 bits per heavy atom. The molecule has 0 aromatic heterocycles. The van der Waals surface area contributed by atoms with Crippen molar-refractivity contribution in [3.63, 3.8) is 0 Å². The summed E-state index contributed by atoms with van der Waals surface area (Å²) in [5, 5.41) is 29.1. The lowest BCUT2D eigenvalue weighted by atomic mass is 9.93. The molecule has 1 aliphatic heterocycles. The number of ether oxygens (including phenoxy) is 1. The zero-order valence-electron chi connectivity index (χ0n) is 15.0. The normalized spacial score (nSPS) is 27.7. The molecule has 0 aromatic rings. The van der Waals surface area contributed by atoms with Gasteiger partial charge in [0, 0.05) is 17.9 Å². The first-order chi connectivity index (χ1) is 12.0. The summed E-state index contributed by atoms with van der Waals surface area (Å²) in [6, 6.07) is 0. The second-order valence-corrected chi connectivity index (χ2v) is 7.02. The maximum absolute atomic E-state index is 10.6. The third-order valence-corrected chi connectivity index (χ3v) is 4.95. The Morgan fingerprint density at radius 1 is 1.40 bits per heavy atom. The molecule has 1 saturated heterocycles. The van der Waals surface area contributed by atoms with Crippen molar-refractivity contribution in [2.75, 3.05) is 6.61 Å². The Labute approximate surface area is 149 Å². The van der Waals surface area contributed by atoms with Crippen LogP contribution in [0.3, 0.4) is 0 Å². The number of aliphatic hydroxyl groups excluding tert-OH is 2. The summed E-state index contributed by atoms with van der Waals surface area (Å²) in [5.74, 6) is 0.288. The van der Waals surface area contributed by atoms with Crippen molar-refractivity contribution in [1.29, 1.82) is 0 Å². The number of carbonyl (C=O) groups is 1. The topological polar surface area (TPSA) is 87.0 Å². The quantitative estimate of drug-likeness (QED) is 0.439. The van der Waals surface area contributed by atoms with Gasteiger partial charge in [0.15, 0.2) is 0 Å². The summed E-state index contributed by atoms with van der Waals surface area (Å²) in [5.41, 5.74) is 3.94. The average Bonchev–Trinajstić information content (AvgIpc) is 3.08. The molecule has 140 valence electrons. The van der Waals surface area contributed by atoms with Gasteiger partial charge in [-0.05, 0) is 37.8 Å². The number of unbranched alkanes of at least 4 members (excludes halogenated alkanes) is 3. The fraction of sp³-hybridized carbons (Fsp3) is 0.700. The Morgan fingerprint density at radius 3 is 2.92 bits per heavy atom. The smallest absolute Gasteiger partial charge is 0.303 e. The number of carboxylic acid groups (broad SMARTS) is 1. The Balaban J connectivity index is 2.02. The van der Waals surface area contributed by atoms with Gasteiger partial charge in [-0.25, -0.2) is 0 Å². The summed E-state index contributed by atoms with van der Waals surface area (Å²) in [4.78, 5) is 10.6. The van der Waals surface area contributed by atoms with Gasteiger partial charge in [-0.3, -0.25) is 4.79 Å². The summed E-state index contributed by atoms with van der Waals surface area (Å²) < 4.78 is 5.76. The molecule has 3 N–H and O–H groups in total. The van der Waals surface area contributed by atoms with Crippen LogP contribution in [0.2, 0.25) is 0 Å². The predicted octanol–water partition coefficient (Wildman–Crippen LogP) is 3.18. The summed E-state index contributed by atoms with van der Waals surface area (Å²) in [6.07, 6.45) is 8.48. The summed E-state index contributed by atoms with van der Waals surface area (Å²) >= 11 is 0. The average molecular weight is 350 g/mol. The Hall–Kier alpha value is -1.55. The standard InChI is InChI=1S/C20H30O5/c1-2-3-4-7-15(21)10-11-16-17(22)12-14-13-25-18(20(14)16)8-5-6-9-19(23)24/h8,10,14-15,17,20-22H,2-7,9,12-13H2,1H3,(H,23,24)/b18-8-/t11?,14?,15-,17?,20?/m0/s1. The minimum Gasteiger partial charge on any atom is -0.497 e. The van der Waals surface area contributed by atoms with Crippen LogP contribution in [0.25, 0.3) is 0 Å². The molecular weight excluding hydrogens is 320 g/mol. The largest absolute Gasteiger partial charge is 0.497 e. The fourth-order valence-corrected chi connectivity index (χ4v) is 3.60. The van der Waals surface area contributed by atoms with E-state index in [2.05, 4.69) is 12.7 Å². The van der Waals surface area contributed by atoms with Gasteiger partial charge in [0.1, 0.15) is 5.76 Å². The number of allylic oxidation sites excluding steroid dienone is 2. The Bertz CT molecular complexity index is 544. The molecule has 0 amide bonds. The number of carboxylic acids is 1. The molecule has 0 aromatic carbocycles. The first-order valence-electron chi connectivity index (χ1n) is 9.40. The van der Waals surface area contributed by atoms with Crippen molar-refractivity contribution in [1.82, 2.24) is 0 Å². The number of aliphatic hydroxyl groups is 2. The molecule has 3 unspecified atom stereocenters. The zero-order chi connectivity index (χ0) is 18.2. The number of rotatable bonds is 9. The van der Waals surface area contributed by atoms with Crippen LogP contribution in [0, 0.1) is 11.8 Å². The van der Waals surface area contributed by atoms with E-state index >= 15 is 0 Å². The molecule has 2 aliphatic rings. The number of aliphatic carboxylic acids is 1. The van der Waals surface area contributed by atoms with Crippen LogP contribution in [0.1, 0.15) is 58.3 Å². The van der Waals surface area contributed by atoms with Crippen LogP contribution in [0.4, 0.5) is 0 Å². The van der Waals surface area contributed by atoms with Crippen LogP contribution in [0.15, 0.2) is 29.2 Å². The van der Waals surface area contributed by atoms with Crippen molar-refractivity contribution in [3.8, 4) is 0 Å². The number of hydrogen-bond acceptors (Lipinski definition) is 4. The van der Waals surface area contributed by atoms with E-state index in [1.54, 1.807) is 6.08 Å². The molecule has 1 saturated carbocycles. The van der Waals surface area contributed by atoms with Gasteiger partial charge < -0.3 is 20.1 Å². The molecule has 1 aliphatic carbocycles. The zero-order valence-corrected chi connectivity index (χ0v) is 15.0. The van der Waals surface area contributed by atoms with Gasteiger partial charge in [0.05, 0.1) is 24.7 Å². The summed E-state index contributed by atoms with van der Waals surface area (Å²) in [7, 11) is 0. The van der Waals surface area contributed by atoms with Crippen LogP contribution in [-0.4, -0.2) is 40.1 Å². The van der Waals surface area contributed by atoms with Gasteiger partial charge >= 0.3 is 5.97 Å². The highest BCUT2D eigenvalue weighted by atomic mass is 16.5. The molecule has 1 heterocycles. The van der Waals surface area contributed by atoms with E-state index < -0.39 is 18.2 Å². The van der Waals surface area contributed by atoms with Crippen LogP contribution in [-0.2, 0) is 9.53 Å². The van der Waals surface area contributed by atoms with Gasteiger partial charge in [-0.15, -0.1) is 5.73 Å². The first kappa shape index (κ1) is 19.8. The molecule has 0 radical (unpaired) electrons. The second-order valence-electron chi connectivity index (χ2n) is 7.02. The van der Waals surface area contributed by atoms with Crippen molar-refractivity contribution in [2.45, 2.75) is 70.5 Å². The van der Waals surface area contributed by atoms with Crippen molar-refractivity contribution >= 4 is 5.97 Å².